The van der Waals surface area contributed by atoms with Crippen LogP contribution in [0, 0.1) is 0 Å². The van der Waals surface area contributed by atoms with E-state index in [1.807, 2.05) is 29.2 Å². The van der Waals surface area contributed by atoms with Crippen LogP contribution in [0.2, 0.25) is 0 Å². The summed E-state index contributed by atoms with van der Waals surface area (Å²) in [7, 11) is 1.67. The van der Waals surface area contributed by atoms with Crippen LogP contribution in [0.5, 0.6) is 5.75 Å². The van der Waals surface area contributed by atoms with Crippen LogP contribution in [0.3, 0.4) is 0 Å². The molecule has 0 spiro atoms. The fourth-order valence-corrected chi connectivity index (χ4v) is 3.12. The molecule has 4 nitrogen and oxygen atoms in total. The zero-order valence-electron chi connectivity index (χ0n) is 12.1. The first kappa shape index (κ1) is 13.9. The van der Waals surface area contributed by atoms with Gasteiger partial charge in [-0.05, 0) is 42.5 Å². The van der Waals surface area contributed by atoms with Gasteiger partial charge in [0.2, 0.25) is 0 Å². The molecule has 1 aliphatic heterocycles. The summed E-state index contributed by atoms with van der Waals surface area (Å²) in [6.45, 7) is 1.49. The second-order valence-electron chi connectivity index (χ2n) is 5.49. The zero-order valence-corrected chi connectivity index (χ0v) is 12.1. The van der Waals surface area contributed by atoms with Gasteiger partial charge in [0.15, 0.2) is 0 Å². The van der Waals surface area contributed by atoms with Crippen molar-refractivity contribution in [1.82, 2.24) is 4.90 Å². The lowest BCUT2D eigenvalue weighted by Crippen LogP contribution is -2.35. The fourth-order valence-electron chi connectivity index (χ4n) is 3.12. The molecule has 1 saturated heterocycles. The Labute approximate surface area is 123 Å². The molecule has 1 heterocycles. The number of carboxylic acids is 1. The third kappa shape index (κ3) is 2.72. The van der Waals surface area contributed by atoms with E-state index in [0.29, 0.717) is 6.54 Å². The highest BCUT2D eigenvalue weighted by atomic mass is 16.5. The van der Waals surface area contributed by atoms with E-state index in [1.165, 1.54) is 0 Å². The van der Waals surface area contributed by atoms with Crippen molar-refractivity contribution in [2.75, 3.05) is 13.7 Å². The Morgan fingerprint density at radius 2 is 2.19 bits per heavy atom. The Balaban J connectivity index is 1.92. The number of hydrogen-bond acceptors (Lipinski definition) is 3. The molecule has 4 heteroatoms. The number of ether oxygens (including phenoxy) is 1. The molecule has 1 atom stereocenters. The highest BCUT2D eigenvalue weighted by Gasteiger charge is 2.30. The zero-order chi connectivity index (χ0) is 14.8. The lowest BCUT2D eigenvalue weighted by Gasteiger charge is -2.21. The smallest absolute Gasteiger partial charge is 0.320 e. The van der Waals surface area contributed by atoms with Gasteiger partial charge in [0, 0.05) is 11.9 Å². The van der Waals surface area contributed by atoms with Crippen LogP contribution in [0.1, 0.15) is 18.4 Å². The van der Waals surface area contributed by atoms with Gasteiger partial charge in [-0.25, -0.2) is 0 Å². The molecule has 1 aliphatic rings. The second kappa shape index (κ2) is 5.74. The van der Waals surface area contributed by atoms with Crippen molar-refractivity contribution in [2.24, 2.45) is 0 Å². The summed E-state index contributed by atoms with van der Waals surface area (Å²) < 4.78 is 5.47. The molecule has 0 aliphatic carbocycles. The lowest BCUT2D eigenvalue weighted by atomic mass is 10.1. The molecule has 110 valence electrons. The summed E-state index contributed by atoms with van der Waals surface area (Å²) in [4.78, 5) is 13.3. The van der Waals surface area contributed by atoms with Gasteiger partial charge < -0.3 is 9.84 Å². The van der Waals surface area contributed by atoms with Crippen LogP contribution in [0.15, 0.2) is 36.4 Å². The normalized spacial score (nSPS) is 19.0. The minimum atomic E-state index is -0.722. The minimum Gasteiger partial charge on any atom is -0.496 e. The molecule has 0 radical (unpaired) electrons. The summed E-state index contributed by atoms with van der Waals surface area (Å²) in [6, 6.07) is 11.9. The summed E-state index contributed by atoms with van der Waals surface area (Å²) in [6.07, 6.45) is 1.68. The lowest BCUT2D eigenvalue weighted by molar-refractivity contribution is -0.142. The Kier molecular flexibility index (Phi) is 3.80. The van der Waals surface area contributed by atoms with E-state index in [2.05, 4.69) is 12.1 Å². The molecule has 2 aromatic carbocycles. The standard InChI is InChI=1S/C17H19NO3/c1-21-16-10-12(9-13-5-2-3-6-14(13)16)11-18-8-4-7-15(18)17(19)20/h2-3,5-6,9-10,15H,4,7-8,11H2,1H3,(H,19,20). The van der Waals surface area contributed by atoms with Gasteiger partial charge in [-0.3, -0.25) is 9.69 Å². The first-order valence-corrected chi connectivity index (χ1v) is 7.21. The van der Waals surface area contributed by atoms with Crippen molar-refractivity contribution < 1.29 is 14.6 Å². The van der Waals surface area contributed by atoms with E-state index in [-0.39, 0.29) is 6.04 Å². The van der Waals surface area contributed by atoms with Crippen molar-refractivity contribution in [3.63, 3.8) is 0 Å². The average molecular weight is 285 g/mol. The molecule has 0 aromatic heterocycles. The Morgan fingerprint density at radius 3 is 2.95 bits per heavy atom. The highest BCUT2D eigenvalue weighted by Crippen LogP contribution is 2.29. The maximum Gasteiger partial charge on any atom is 0.320 e. The van der Waals surface area contributed by atoms with Crippen molar-refractivity contribution in [3.05, 3.63) is 42.0 Å². The van der Waals surface area contributed by atoms with Crippen LogP contribution in [-0.4, -0.2) is 35.7 Å². The van der Waals surface area contributed by atoms with E-state index in [1.54, 1.807) is 7.11 Å². The summed E-state index contributed by atoms with van der Waals surface area (Å²) in [5, 5.41) is 11.5. The minimum absolute atomic E-state index is 0.359. The number of carbonyl (C=O) groups is 1. The SMILES string of the molecule is COc1cc(CN2CCCC2C(=O)O)cc2ccccc12. The number of likely N-dealkylation sites (tertiary alicyclic amines) is 1. The number of fused-ring (bicyclic) bond motifs is 1. The first-order chi connectivity index (χ1) is 10.2. The monoisotopic (exact) mass is 285 g/mol. The van der Waals surface area contributed by atoms with E-state index in [9.17, 15) is 9.90 Å². The third-order valence-electron chi connectivity index (χ3n) is 4.14. The van der Waals surface area contributed by atoms with Gasteiger partial charge >= 0.3 is 5.97 Å². The Hall–Kier alpha value is -2.07. The third-order valence-corrected chi connectivity index (χ3v) is 4.14. The number of benzene rings is 2. The van der Waals surface area contributed by atoms with E-state index < -0.39 is 5.97 Å². The van der Waals surface area contributed by atoms with Crippen LogP contribution < -0.4 is 4.74 Å². The molecule has 0 amide bonds. The van der Waals surface area contributed by atoms with E-state index >= 15 is 0 Å². The van der Waals surface area contributed by atoms with Gasteiger partial charge in [0.25, 0.3) is 0 Å². The van der Waals surface area contributed by atoms with Crippen LogP contribution >= 0.6 is 0 Å². The summed E-state index contributed by atoms with van der Waals surface area (Å²) in [5.41, 5.74) is 1.10. The molecular formula is C17H19NO3. The van der Waals surface area contributed by atoms with Crippen molar-refractivity contribution >= 4 is 16.7 Å². The van der Waals surface area contributed by atoms with Crippen molar-refractivity contribution in [3.8, 4) is 5.75 Å². The van der Waals surface area contributed by atoms with Gasteiger partial charge in [0.1, 0.15) is 11.8 Å². The molecule has 3 rings (SSSR count). The highest BCUT2D eigenvalue weighted by molar-refractivity contribution is 5.89. The molecule has 0 saturated carbocycles. The molecule has 1 unspecified atom stereocenters. The van der Waals surface area contributed by atoms with E-state index in [4.69, 9.17) is 4.74 Å². The van der Waals surface area contributed by atoms with E-state index in [0.717, 1.165) is 41.5 Å². The van der Waals surface area contributed by atoms with Crippen LogP contribution in [0.25, 0.3) is 10.8 Å². The number of nitrogens with zero attached hydrogens (tertiary/aromatic N) is 1. The molecule has 2 aromatic rings. The fraction of sp³-hybridized carbons (Fsp3) is 0.353. The quantitative estimate of drug-likeness (QED) is 0.938. The number of aliphatic carboxylic acids is 1. The molecule has 21 heavy (non-hydrogen) atoms. The Morgan fingerprint density at radius 1 is 1.38 bits per heavy atom. The van der Waals surface area contributed by atoms with Crippen molar-refractivity contribution in [1.29, 1.82) is 0 Å². The maximum atomic E-state index is 11.3. The number of carboxylic acid groups (broad SMARTS) is 1. The van der Waals surface area contributed by atoms with Crippen molar-refractivity contribution in [2.45, 2.75) is 25.4 Å². The van der Waals surface area contributed by atoms with Crippen LogP contribution in [0.4, 0.5) is 0 Å². The number of rotatable bonds is 4. The molecular weight excluding hydrogens is 266 g/mol. The van der Waals surface area contributed by atoms with Gasteiger partial charge in [-0.1, -0.05) is 24.3 Å². The van der Waals surface area contributed by atoms with Gasteiger partial charge in [0.05, 0.1) is 7.11 Å². The molecule has 1 fully saturated rings. The number of methoxy groups -OCH3 is 1. The predicted molar refractivity (Wildman–Crippen MR) is 81.6 cm³/mol. The Bertz CT molecular complexity index is 668. The van der Waals surface area contributed by atoms with Gasteiger partial charge in [-0.15, -0.1) is 0 Å². The predicted octanol–water partition coefficient (Wildman–Crippen LogP) is 2.90. The van der Waals surface area contributed by atoms with Crippen LogP contribution in [-0.2, 0) is 11.3 Å². The largest absolute Gasteiger partial charge is 0.496 e. The first-order valence-electron chi connectivity index (χ1n) is 7.21. The average Bonchev–Trinajstić information content (AvgIpc) is 2.94. The number of hydrogen-bond donors (Lipinski definition) is 1. The topological polar surface area (TPSA) is 49.8 Å². The summed E-state index contributed by atoms with van der Waals surface area (Å²) in [5.74, 6) is 0.120. The van der Waals surface area contributed by atoms with Gasteiger partial charge in [-0.2, -0.15) is 0 Å². The second-order valence-corrected chi connectivity index (χ2v) is 5.49. The summed E-state index contributed by atoms with van der Waals surface area (Å²) >= 11 is 0. The molecule has 1 N–H and O–H groups in total. The molecule has 0 bridgehead atoms. The maximum absolute atomic E-state index is 11.3.